The fourth-order valence-electron chi connectivity index (χ4n) is 3.94. The fourth-order valence-corrected chi connectivity index (χ4v) is 5.51. The summed E-state index contributed by atoms with van der Waals surface area (Å²) < 4.78 is 65.6. The molecule has 1 aliphatic heterocycles. The van der Waals surface area contributed by atoms with Crippen LogP contribution in [0, 0.1) is 5.92 Å². The molecular weight excluding hydrogens is 393 g/mol. The van der Waals surface area contributed by atoms with Crippen molar-refractivity contribution in [1.29, 1.82) is 0 Å². The van der Waals surface area contributed by atoms with E-state index in [1.165, 1.54) is 10.4 Å². The van der Waals surface area contributed by atoms with Gasteiger partial charge in [0, 0.05) is 25.0 Å². The Kier molecular flexibility index (Phi) is 6.34. The monoisotopic (exact) mass is 418 g/mol. The average Bonchev–Trinajstić information content (AvgIpc) is 2.68. The molecule has 156 valence electrons. The summed E-state index contributed by atoms with van der Waals surface area (Å²) in [6.45, 7) is 0.311. The number of sulfonamides is 1. The third-order valence-corrected chi connectivity index (χ3v) is 7.37. The minimum atomic E-state index is -4.61. The van der Waals surface area contributed by atoms with Crippen LogP contribution < -0.4 is 5.32 Å². The minimum absolute atomic E-state index is 0.0239. The van der Waals surface area contributed by atoms with E-state index >= 15 is 0 Å². The van der Waals surface area contributed by atoms with E-state index in [-0.39, 0.29) is 35.9 Å². The molecule has 0 aromatic heterocycles. The lowest BCUT2D eigenvalue weighted by Crippen LogP contribution is -2.50. The molecule has 0 spiro atoms. The Balaban J connectivity index is 1.70. The normalized spacial score (nSPS) is 22.8. The number of carbonyl (C=O) groups excluding carboxylic acids is 1. The minimum Gasteiger partial charge on any atom is -0.352 e. The predicted molar refractivity (Wildman–Crippen MR) is 97.9 cm³/mol. The number of nitrogens with zero attached hydrogens (tertiary/aromatic N) is 1. The van der Waals surface area contributed by atoms with Crippen molar-refractivity contribution >= 4 is 15.9 Å². The number of amides is 1. The van der Waals surface area contributed by atoms with Gasteiger partial charge in [0.2, 0.25) is 15.9 Å². The zero-order valence-electron chi connectivity index (χ0n) is 15.5. The van der Waals surface area contributed by atoms with Crippen molar-refractivity contribution in [3.63, 3.8) is 0 Å². The number of hydrogen-bond donors (Lipinski definition) is 1. The first-order valence-corrected chi connectivity index (χ1v) is 11.1. The van der Waals surface area contributed by atoms with Crippen molar-refractivity contribution in [2.24, 2.45) is 5.92 Å². The van der Waals surface area contributed by atoms with Crippen molar-refractivity contribution in [3.8, 4) is 0 Å². The Morgan fingerprint density at radius 2 is 1.79 bits per heavy atom. The molecule has 1 saturated heterocycles. The summed E-state index contributed by atoms with van der Waals surface area (Å²) >= 11 is 0. The zero-order valence-corrected chi connectivity index (χ0v) is 16.4. The van der Waals surface area contributed by atoms with Crippen molar-refractivity contribution < 1.29 is 26.4 Å². The van der Waals surface area contributed by atoms with Crippen LogP contribution in [0.4, 0.5) is 13.2 Å². The second-order valence-corrected chi connectivity index (χ2v) is 9.51. The van der Waals surface area contributed by atoms with Crippen LogP contribution in [0.3, 0.4) is 0 Å². The van der Waals surface area contributed by atoms with Gasteiger partial charge in [-0.15, -0.1) is 0 Å². The molecule has 1 aromatic carbocycles. The van der Waals surface area contributed by atoms with Crippen LogP contribution in [0.5, 0.6) is 0 Å². The molecule has 3 rings (SSSR count). The molecular formula is C19H25F3N2O3S. The molecule has 0 bridgehead atoms. The smallest absolute Gasteiger partial charge is 0.352 e. The van der Waals surface area contributed by atoms with Crippen molar-refractivity contribution in [1.82, 2.24) is 9.62 Å². The van der Waals surface area contributed by atoms with E-state index in [9.17, 15) is 26.4 Å². The van der Waals surface area contributed by atoms with Gasteiger partial charge in [-0.05, 0) is 43.9 Å². The van der Waals surface area contributed by atoms with Crippen LogP contribution in [0.2, 0.25) is 0 Å². The molecule has 1 heterocycles. The molecule has 0 radical (unpaired) electrons. The number of hydrogen-bond acceptors (Lipinski definition) is 3. The first kappa shape index (κ1) is 21.1. The molecule has 2 fully saturated rings. The van der Waals surface area contributed by atoms with Crippen LogP contribution in [-0.4, -0.2) is 37.8 Å². The van der Waals surface area contributed by atoms with E-state index in [1.807, 2.05) is 0 Å². The molecule has 1 amide bonds. The summed E-state index contributed by atoms with van der Waals surface area (Å²) in [6.07, 6.45) is 1.49. The van der Waals surface area contributed by atoms with Gasteiger partial charge in [-0.2, -0.15) is 17.5 Å². The van der Waals surface area contributed by atoms with Gasteiger partial charge in [-0.1, -0.05) is 25.3 Å². The van der Waals surface area contributed by atoms with Gasteiger partial charge in [0.05, 0.1) is 10.5 Å². The summed E-state index contributed by atoms with van der Waals surface area (Å²) in [5, 5.41) is 2.95. The second kappa shape index (κ2) is 8.41. The Morgan fingerprint density at radius 3 is 2.46 bits per heavy atom. The Labute approximate surface area is 163 Å². The molecule has 5 nitrogen and oxygen atoms in total. The number of benzene rings is 1. The summed E-state index contributed by atoms with van der Waals surface area (Å²) in [4.78, 5) is 12.1. The maximum absolute atomic E-state index is 12.9. The summed E-state index contributed by atoms with van der Waals surface area (Å²) in [6, 6.07) is 3.47. The highest BCUT2D eigenvalue weighted by atomic mass is 32.2. The van der Waals surface area contributed by atoms with Crippen molar-refractivity contribution in [3.05, 3.63) is 29.8 Å². The van der Waals surface area contributed by atoms with E-state index in [4.69, 9.17) is 0 Å². The summed E-state index contributed by atoms with van der Waals surface area (Å²) in [7, 11) is -4.06. The lowest BCUT2D eigenvalue weighted by molar-refractivity contribution is -0.137. The Hall–Kier alpha value is -1.61. The van der Waals surface area contributed by atoms with Crippen LogP contribution in [0.1, 0.15) is 50.5 Å². The molecule has 1 aromatic rings. The van der Waals surface area contributed by atoms with Gasteiger partial charge < -0.3 is 5.32 Å². The van der Waals surface area contributed by atoms with Crippen LogP contribution in [0.25, 0.3) is 0 Å². The Bertz CT molecular complexity index is 805. The van der Waals surface area contributed by atoms with Gasteiger partial charge in [0.1, 0.15) is 0 Å². The SMILES string of the molecule is O=C(NC1CCCN(S(=O)(=O)c2cccc(C(F)(F)F)c2)C1)C1CCCCC1. The zero-order chi connectivity index (χ0) is 20.4. The third kappa shape index (κ3) is 4.86. The predicted octanol–water partition coefficient (Wildman–Crippen LogP) is 3.56. The largest absolute Gasteiger partial charge is 0.416 e. The average molecular weight is 418 g/mol. The number of piperidine rings is 1. The molecule has 28 heavy (non-hydrogen) atoms. The van der Waals surface area contributed by atoms with Crippen LogP contribution in [0.15, 0.2) is 29.2 Å². The number of alkyl halides is 3. The third-order valence-electron chi connectivity index (χ3n) is 5.51. The first-order valence-electron chi connectivity index (χ1n) is 9.66. The van der Waals surface area contributed by atoms with E-state index in [0.29, 0.717) is 18.9 Å². The van der Waals surface area contributed by atoms with Gasteiger partial charge >= 0.3 is 6.18 Å². The molecule has 1 atom stereocenters. The van der Waals surface area contributed by atoms with Crippen LogP contribution in [-0.2, 0) is 21.0 Å². The number of carbonyl (C=O) groups is 1. The molecule has 1 saturated carbocycles. The summed E-state index contributed by atoms with van der Waals surface area (Å²) in [5.41, 5.74) is -0.993. The van der Waals surface area contributed by atoms with E-state index in [2.05, 4.69) is 5.32 Å². The molecule has 2 aliphatic rings. The van der Waals surface area contributed by atoms with Gasteiger partial charge in [0.25, 0.3) is 0 Å². The van der Waals surface area contributed by atoms with E-state index < -0.39 is 21.8 Å². The molecule has 1 unspecified atom stereocenters. The number of nitrogens with one attached hydrogen (secondary N) is 1. The summed E-state index contributed by atoms with van der Waals surface area (Å²) in [5.74, 6) is -0.0628. The highest BCUT2D eigenvalue weighted by Crippen LogP contribution is 2.31. The molecule has 1 aliphatic carbocycles. The van der Waals surface area contributed by atoms with Crippen molar-refractivity contribution in [2.75, 3.05) is 13.1 Å². The lowest BCUT2D eigenvalue weighted by atomic mass is 9.88. The quantitative estimate of drug-likeness (QED) is 0.813. The highest BCUT2D eigenvalue weighted by molar-refractivity contribution is 7.89. The maximum atomic E-state index is 12.9. The fraction of sp³-hybridized carbons (Fsp3) is 0.632. The van der Waals surface area contributed by atoms with Gasteiger partial charge in [-0.3, -0.25) is 4.79 Å². The lowest BCUT2D eigenvalue weighted by Gasteiger charge is -2.33. The van der Waals surface area contributed by atoms with Crippen molar-refractivity contribution in [2.45, 2.75) is 62.1 Å². The maximum Gasteiger partial charge on any atom is 0.416 e. The van der Waals surface area contributed by atoms with Gasteiger partial charge in [-0.25, -0.2) is 8.42 Å². The van der Waals surface area contributed by atoms with E-state index in [1.54, 1.807) is 0 Å². The van der Waals surface area contributed by atoms with Gasteiger partial charge in [0.15, 0.2) is 0 Å². The molecule has 9 heteroatoms. The second-order valence-electron chi connectivity index (χ2n) is 7.57. The molecule has 1 N–H and O–H groups in total. The number of rotatable bonds is 4. The Morgan fingerprint density at radius 1 is 1.07 bits per heavy atom. The first-order chi connectivity index (χ1) is 13.2. The highest BCUT2D eigenvalue weighted by Gasteiger charge is 2.35. The standard InChI is InChI=1S/C19H25F3N2O3S/c20-19(21,22)15-8-4-10-17(12-15)28(26,27)24-11-5-9-16(13-24)23-18(25)14-6-2-1-3-7-14/h4,8,10,12,14,16H,1-3,5-7,9,11,13H2,(H,23,25). The topological polar surface area (TPSA) is 66.5 Å². The van der Waals surface area contributed by atoms with E-state index in [0.717, 1.165) is 44.2 Å². The van der Waals surface area contributed by atoms with Crippen LogP contribution >= 0.6 is 0 Å². The number of halogens is 3.